The normalized spacial score (nSPS) is 13.3. The molecule has 3 rings (SSSR count). The Morgan fingerprint density at radius 2 is 1.82 bits per heavy atom. The molecule has 0 radical (unpaired) electrons. The van der Waals surface area contributed by atoms with E-state index in [9.17, 15) is 14.4 Å². The van der Waals surface area contributed by atoms with Crippen LogP contribution in [0.15, 0.2) is 36.4 Å². The van der Waals surface area contributed by atoms with E-state index in [0.717, 1.165) is 10.6 Å². The largest absolute Gasteiger partial charge is 0.321 e. The van der Waals surface area contributed by atoms with E-state index in [1.54, 1.807) is 37.3 Å². The van der Waals surface area contributed by atoms with E-state index in [1.807, 2.05) is 0 Å². The standard InChI is InChI=1S/C16H13N3O3/c1-9-4-3-5-13(17-9)14(20)18-10-6-7-11-12(8-10)16(22)19(2)15(11)21/h3-8H,1-2H3,(H,18,20). The average molecular weight is 295 g/mol. The van der Waals surface area contributed by atoms with Gasteiger partial charge in [-0.3, -0.25) is 19.3 Å². The van der Waals surface area contributed by atoms with Crippen molar-refractivity contribution in [1.82, 2.24) is 9.88 Å². The van der Waals surface area contributed by atoms with Crippen LogP contribution in [-0.2, 0) is 0 Å². The molecule has 6 heteroatoms. The summed E-state index contributed by atoms with van der Waals surface area (Å²) in [5.41, 5.74) is 2.12. The molecule has 1 aromatic heterocycles. The first-order chi connectivity index (χ1) is 10.5. The number of rotatable bonds is 2. The van der Waals surface area contributed by atoms with Gasteiger partial charge >= 0.3 is 0 Å². The Balaban J connectivity index is 1.88. The minimum absolute atomic E-state index is 0.292. The van der Waals surface area contributed by atoms with Crippen LogP contribution in [0, 0.1) is 6.92 Å². The van der Waals surface area contributed by atoms with Crippen molar-refractivity contribution in [3.8, 4) is 0 Å². The number of fused-ring (bicyclic) bond motifs is 1. The number of hydrogen-bond donors (Lipinski definition) is 1. The first kappa shape index (κ1) is 13.9. The molecule has 0 saturated heterocycles. The Bertz CT molecular complexity index is 814. The van der Waals surface area contributed by atoms with Crippen LogP contribution in [0.1, 0.15) is 36.9 Å². The van der Waals surface area contributed by atoms with E-state index in [-0.39, 0.29) is 17.7 Å². The van der Waals surface area contributed by atoms with Crippen LogP contribution in [-0.4, -0.2) is 34.7 Å². The van der Waals surface area contributed by atoms with Gasteiger partial charge in [0.1, 0.15) is 5.69 Å². The quantitative estimate of drug-likeness (QED) is 0.858. The molecule has 2 aromatic rings. The van der Waals surface area contributed by atoms with Crippen LogP contribution < -0.4 is 5.32 Å². The van der Waals surface area contributed by atoms with Crippen LogP contribution in [0.2, 0.25) is 0 Å². The van der Waals surface area contributed by atoms with Gasteiger partial charge in [-0.2, -0.15) is 0 Å². The second-order valence-corrected chi connectivity index (χ2v) is 5.05. The zero-order valence-corrected chi connectivity index (χ0v) is 12.1. The molecule has 1 N–H and O–H groups in total. The highest BCUT2D eigenvalue weighted by Crippen LogP contribution is 2.24. The van der Waals surface area contributed by atoms with E-state index in [1.165, 1.54) is 13.1 Å². The number of hydrogen-bond acceptors (Lipinski definition) is 4. The number of aryl methyl sites for hydroxylation is 1. The number of carbonyl (C=O) groups excluding carboxylic acids is 3. The van der Waals surface area contributed by atoms with Crippen molar-refractivity contribution in [3.05, 3.63) is 58.9 Å². The molecular weight excluding hydrogens is 282 g/mol. The summed E-state index contributed by atoms with van der Waals surface area (Å²) in [6, 6.07) is 9.80. The molecule has 0 aliphatic carbocycles. The molecule has 110 valence electrons. The second-order valence-electron chi connectivity index (χ2n) is 5.05. The van der Waals surface area contributed by atoms with Crippen LogP contribution in [0.5, 0.6) is 0 Å². The van der Waals surface area contributed by atoms with E-state index >= 15 is 0 Å². The highest BCUT2D eigenvalue weighted by Gasteiger charge is 2.32. The number of nitrogens with zero attached hydrogens (tertiary/aromatic N) is 2. The third kappa shape index (κ3) is 2.24. The minimum atomic E-state index is -0.371. The van der Waals surface area contributed by atoms with Gasteiger partial charge in [0.2, 0.25) is 0 Å². The summed E-state index contributed by atoms with van der Waals surface area (Å²) in [6.45, 7) is 1.80. The minimum Gasteiger partial charge on any atom is -0.321 e. The van der Waals surface area contributed by atoms with Crippen molar-refractivity contribution in [1.29, 1.82) is 0 Å². The fraction of sp³-hybridized carbons (Fsp3) is 0.125. The Hall–Kier alpha value is -3.02. The monoisotopic (exact) mass is 295 g/mol. The molecule has 22 heavy (non-hydrogen) atoms. The molecule has 1 aliphatic heterocycles. The fourth-order valence-corrected chi connectivity index (χ4v) is 2.30. The Kier molecular flexibility index (Phi) is 3.21. The van der Waals surface area contributed by atoms with Gasteiger partial charge in [0.05, 0.1) is 11.1 Å². The third-order valence-corrected chi connectivity index (χ3v) is 3.47. The van der Waals surface area contributed by atoms with Crippen molar-refractivity contribution >= 4 is 23.4 Å². The van der Waals surface area contributed by atoms with Crippen molar-refractivity contribution in [3.63, 3.8) is 0 Å². The zero-order valence-electron chi connectivity index (χ0n) is 12.1. The predicted molar refractivity (Wildman–Crippen MR) is 79.8 cm³/mol. The molecule has 3 amide bonds. The molecule has 0 unspecified atom stereocenters. The van der Waals surface area contributed by atoms with Gasteiger partial charge in [-0.05, 0) is 37.3 Å². The summed E-state index contributed by atoms with van der Waals surface area (Å²) in [4.78, 5) is 41.1. The number of aromatic nitrogens is 1. The summed E-state index contributed by atoms with van der Waals surface area (Å²) in [7, 11) is 1.43. The molecule has 0 bridgehead atoms. The van der Waals surface area contributed by atoms with E-state index in [2.05, 4.69) is 10.3 Å². The van der Waals surface area contributed by atoms with Crippen molar-refractivity contribution < 1.29 is 14.4 Å². The molecule has 0 fully saturated rings. The fourth-order valence-electron chi connectivity index (χ4n) is 2.30. The molecule has 1 aliphatic rings. The molecule has 0 spiro atoms. The highest BCUT2D eigenvalue weighted by molar-refractivity contribution is 6.21. The molecule has 2 heterocycles. The van der Waals surface area contributed by atoms with E-state index < -0.39 is 0 Å². The number of imide groups is 1. The summed E-state index contributed by atoms with van der Waals surface area (Å²) >= 11 is 0. The summed E-state index contributed by atoms with van der Waals surface area (Å²) in [6.07, 6.45) is 0. The summed E-state index contributed by atoms with van der Waals surface area (Å²) < 4.78 is 0. The van der Waals surface area contributed by atoms with Crippen LogP contribution in [0.3, 0.4) is 0 Å². The van der Waals surface area contributed by atoms with Crippen molar-refractivity contribution in [2.75, 3.05) is 12.4 Å². The third-order valence-electron chi connectivity index (χ3n) is 3.47. The maximum Gasteiger partial charge on any atom is 0.274 e. The molecular formula is C16H13N3O3. The summed E-state index contributed by atoms with van der Waals surface area (Å²) in [5.74, 6) is -1.07. The Morgan fingerprint density at radius 3 is 2.55 bits per heavy atom. The Labute approximate surface area is 126 Å². The lowest BCUT2D eigenvalue weighted by Crippen LogP contribution is -2.24. The molecule has 0 atom stereocenters. The van der Waals surface area contributed by atoms with Gasteiger partial charge in [0.15, 0.2) is 0 Å². The lowest BCUT2D eigenvalue weighted by molar-refractivity contribution is 0.0692. The second kappa shape index (κ2) is 5.07. The number of carbonyl (C=O) groups is 3. The number of amides is 3. The smallest absolute Gasteiger partial charge is 0.274 e. The predicted octanol–water partition coefficient (Wildman–Crippen LogP) is 1.87. The first-order valence-electron chi connectivity index (χ1n) is 6.69. The van der Waals surface area contributed by atoms with Gasteiger partial charge in [-0.25, -0.2) is 4.98 Å². The van der Waals surface area contributed by atoms with Gasteiger partial charge in [0.25, 0.3) is 17.7 Å². The lowest BCUT2D eigenvalue weighted by atomic mass is 10.1. The number of pyridine rings is 1. The maximum atomic E-state index is 12.1. The SMILES string of the molecule is Cc1cccc(C(=O)Nc2ccc3c(c2)C(=O)N(C)C3=O)n1. The van der Waals surface area contributed by atoms with Crippen molar-refractivity contribution in [2.24, 2.45) is 0 Å². The number of nitrogens with one attached hydrogen (secondary N) is 1. The van der Waals surface area contributed by atoms with Gasteiger partial charge < -0.3 is 5.32 Å². The van der Waals surface area contributed by atoms with Gasteiger partial charge in [0, 0.05) is 18.4 Å². The van der Waals surface area contributed by atoms with Gasteiger partial charge in [-0.1, -0.05) is 6.07 Å². The van der Waals surface area contributed by atoms with E-state index in [4.69, 9.17) is 0 Å². The highest BCUT2D eigenvalue weighted by atomic mass is 16.2. The zero-order chi connectivity index (χ0) is 15.9. The van der Waals surface area contributed by atoms with Crippen molar-refractivity contribution in [2.45, 2.75) is 6.92 Å². The Morgan fingerprint density at radius 1 is 1.09 bits per heavy atom. The summed E-state index contributed by atoms with van der Waals surface area (Å²) in [5, 5.41) is 2.68. The number of anilines is 1. The molecule has 0 saturated carbocycles. The molecule has 1 aromatic carbocycles. The van der Waals surface area contributed by atoms with E-state index in [0.29, 0.717) is 22.5 Å². The molecule has 6 nitrogen and oxygen atoms in total. The van der Waals surface area contributed by atoms with Gasteiger partial charge in [-0.15, -0.1) is 0 Å². The van der Waals surface area contributed by atoms with Crippen LogP contribution in [0.4, 0.5) is 5.69 Å². The average Bonchev–Trinajstić information content (AvgIpc) is 2.72. The first-order valence-corrected chi connectivity index (χ1v) is 6.69. The lowest BCUT2D eigenvalue weighted by Gasteiger charge is -2.06. The number of benzene rings is 1. The maximum absolute atomic E-state index is 12.1. The topological polar surface area (TPSA) is 79.4 Å². The van der Waals surface area contributed by atoms with Crippen LogP contribution in [0.25, 0.3) is 0 Å². The van der Waals surface area contributed by atoms with Crippen LogP contribution >= 0.6 is 0 Å².